The van der Waals surface area contributed by atoms with Crippen molar-refractivity contribution in [3.63, 3.8) is 0 Å². The lowest BCUT2D eigenvalue weighted by molar-refractivity contribution is 0.112. The van der Waals surface area contributed by atoms with Crippen molar-refractivity contribution in [2.75, 3.05) is 7.11 Å². The maximum Gasteiger partial charge on any atom is 0.118 e. The molecule has 1 atom stereocenters. The zero-order valence-electron chi connectivity index (χ0n) is 11.2. The Balaban J connectivity index is 2.19. The van der Waals surface area contributed by atoms with Crippen LogP contribution in [0.25, 0.3) is 6.08 Å². The maximum absolute atomic E-state index is 10.5. The molecule has 98 valence electrons. The van der Waals surface area contributed by atoms with Gasteiger partial charge in [0.15, 0.2) is 0 Å². The average Bonchev–Trinajstić information content (AvgIpc) is 2.46. The molecule has 0 saturated heterocycles. The van der Waals surface area contributed by atoms with Gasteiger partial charge in [-0.15, -0.1) is 0 Å². The van der Waals surface area contributed by atoms with E-state index >= 15 is 0 Å². The molecule has 0 radical (unpaired) electrons. The van der Waals surface area contributed by atoms with Gasteiger partial charge in [-0.1, -0.05) is 48.5 Å². The van der Waals surface area contributed by atoms with Crippen molar-refractivity contribution in [3.8, 4) is 5.75 Å². The second-order valence-electron chi connectivity index (χ2n) is 4.62. The molecular weight excluding hydrogens is 236 g/mol. The molecule has 0 bridgehead atoms. The van der Waals surface area contributed by atoms with Crippen LogP contribution in [0.1, 0.15) is 18.1 Å². The first-order chi connectivity index (χ1) is 9.12. The fourth-order valence-corrected chi connectivity index (χ4v) is 1.85. The Morgan fingerprint density at radius 1 is 1.00 bits per heavy atom. The fourth-order valence-electron chi connectivity index (χ4n) is 1.85. The third-order valence-electron chi connectivity index (χ3n) is 3.07. The van der Waals surface area contributed by atoms with Crippen molar-refractivity contribution in [2.45, 2.75) is 12.5 Å². The Morgan fingerprint density at radius 3 is 2.21 bits per heavy atom. The lowest BCUT2D eigenvalue weighted by Gasteiger charge is -2.19. The van der Waals surface area contributed by atoms with Gasteiger partial charge in [-0.05, 0) is 36.3 Å². The molecule has 1 unspecified atom stereocenters. The molecule has 2 aromatic rings. The van der Waals surface area contributed by atoms with Crippen molar-refractivity contribution in [2.24, 2.45) is 0 Å². The summed E-state index contributed by atoms with van der Waals surface area (Å²) >= 11 is 0. The predicted molar refractivity (Wildman–Crippen MR) is 78.0 cm³/mol. The second kappa shape index (κ2) is 5.72. The minimum absolute atomic E-state index is 0.784. The van der Waals surface area contributed by atoms with Crippen LogP contribution in [0.3, 0.4) is 0 Å². The molecule has 2 nitrogen and oxygen atoms in total. The highest BCUT2D eigenvalue weighted by Gasteiger charge is 2.18. The van der Waals surface area contributed by atoms with E-state index in [-0.39, 0.29) is 0 Å². The van der Waals surface area contributed by atoms with Gasteiger partial charge in [0.1, 0.15) is 11.4 Å². The monoisotopic (exact) mass is 254 g/mol. The summed E-state index contributed by atoms with van der Waals surface area (Å²) in [6, 6.07) is 17.4. The zero-order chi connectivity index (χ0) is 13.7. The Labute approximate surface area is 114 Å². The van der Waals surface area contributed by atoms with E-state index in [0.29, 0.717) is 0 Å². The van der Waals surface area contributed by atoms with E-state index in [0.717, 1.165) is 16.9 Å². The van der Waals surface area contributed by atoms with Crippen molar-refractivity contribution in [3.05, 3.63) is 71.8 Å². The lowest BCUT2D eigenvalue weighted by atomic mass is 9.95. The third kappa shape index (κ3) is 3.46. The van der Waals surface area contributed by atoms with Crippen LogP contribution in [0.2, 0.25) is 0 Å². The maximum atomic E-state index is 10.5. The van der Waals surface area contributed by atoms with E-state index in [1.54, 1.807) is 20.1 Å². The van der Waals surface area contributed by atoms with Crippen molar-refractivity contribution >= 4 is 6.08 Å². The van der Waals surface area contributed by atoms with E-state index in [9.17, 15) is 5.11 Å². The molecule has 2 aromatic carbocycles. The highest BCUT2D eigenvalue weighted by Crippen LogP contribution is 2.25. The smallest absolute Gasteiger partial charge is 0.118 e. The highest BCUT2D eigenvalue weighted by molar-refractivity contribution is 5.51. The molecule has 0 heterocycles. The Bertz CT molecular complexity index is 539. The molecule has 0 saturated carbocycles. The van der Waals surface area contributed by atoms with Crippen molar-refractivity contribution in [1.82, 2.24) is 0 Å². The number of methoxy groups -OCH3 is 1. The van der Waals surface area contributed by atoms with Gasteiger partial charge in [0.25, 0.3) is 0 Å². The third-order valence-corrected chi connectivity index (χ3v) is 3.07. The molecule has 0 spiro atoms. The molecular formula is C17H18O2. The second-order valence-corrected chi connectivity index (χ2v) is 4.62. The summed E-state index contributed by atoms with van der Waals surface area (Å²) in [5.41, 5.74) is 0.902. The quantitative estimate of drug-likeness (QED) is 0.903. The van der Waals surface area contributed by atoms with Gasteiger partial charge in [0.05, 0.1) is 7.11 Å². The summed E-state index contributed by atoms with van der Waals surface area (Å²) in [6.45, 7) is 1.77. The van der Waals surface area contributed by atoms with Gasteiger partial charge in [0, 0.05) is 0 Å². The van der Waals surface area contributed by atoms with E-state index in [4.69, 9.17) is 4.74 Å². The number of hydrogen-bond donors (Lipinski definition) is 1. The number of hydrogen-bond acceptors (Lipinski definition) is 2. The van der Waals surface area contributed by atoms with Gasteiger partial charge in [-0.3, -0.25) is 0 Å². The van der Waals surface area contributed by atoms with Gasteiger partial charge < -0.3 is 9.84 Å². The molecule has 2 rings (SSSR count). The van der Waals surface area contributed by atoms with E-state index in [1.165, 1.54) is 0 Å². The number of benzene rings is 2. The summed E-state index contributed by atoms with van der Waals surface area (Å²) in [6.07, 6.45) is 3.72. The fraction of sp³-hybridized carbons (Fsp3) is 0.176. The molecule has 1 N–H and O–H groups in total. The van der Waals surface area contributed by atoms with Crippen LogP contribution in [0, 0.1) is 0 Å². The summed E-state index contributed by atoms with van der Waals surface area (Å²) in [5, 5.41) is 10.5. The summed E-state index contributed by atoms with van der Waals surface area (Å²) in [5.74, 6) is 0.784. The number of ether oxygens (including phenoxy) is 1. The Kier molecular flexibility index (Phi) is 4.03. The first-order valence-electron chi connectivity index (χ1n) is 6.23. The predicted octanol–water partition coefficient (Wildman–Crippen LogP) is 3.62. The van der Waals surface area contributed by atoms with Crippen molar-refractivity contribution in [1.29, 1.82) is 0 Å². The lowest BCUT2D eigenvalue weighted by Crippen LogP contribution is -2.17. The van der Waals surface area contributed by atoms with Gasteiger partial charge >= 0.3 is 0 Å². The van der Waals surface area contributed by atoms with Gasteiger partial charge in [-0.2, -0.15) is 0 Å². The average molecular weight is 254 g/mol. The van der Waals surface area contributed by atoms with Crippen molar-refractivity contribution < 1.29 is 9.84 Å². The van der Waals surface area contributed by atoms with Crippen LogP contribution in [0.4, 0.5) is 0 Å². The summed E-state index contributed by atoms with van der Waals surface area (Å²) in [7, 11) is 1.63. The molecule has 2 heteroatoms. The molecule has 0 aliphatic heterocycles. The molecule has 0 aliphatic rings. The largest absolute Gasteiger partial charge is 0.497 e. The molecule has 0 fully saturated rings. The minimum atomic E-state index is -0.998. The highest BCUT2D eigenvalue weighted by atomic mass is 16.5. The van der Waals surface area contributed by atoms with Crippen LogP contribution in [0.5, 0.6) is 5.75 Å². The molecule has 0 aliphatic carbocycles. The molecule has 19 heavy (non-hydrogen) atoms. The van der Waals surface area contributed by atoms with E-state index in [2.05, 4.69) is 0 Å². The number of rotatable bonds is 4. The summed E-state index contributed by atoms with van der Waals surface area (Å²) < 4.78 is 5.11. The standard InChI is InChI=1S/C17H18O2/c1-17(18,13-12-14-6-4-3-5-7-14)15-8-10-16(19-2)11-9-15/h3-13,18H,1-2H3/b13-12+. The Morgan fingerprint density at radius 2 is 1.63 bits per heavy atom. The zero-order valence-corrected chi connectivity index (χ0v) is 11.2. The minimum Gasteiger partial charge on any atom is -0.497 e. The first-order valence-corrected chi connectivity index (χ1v) is 6.23. The van der Waals surface area contributed by atoms with Gasteiger partial charge in [-0.25, -0.2) is 0 Å². The molecule has 0 aromatic heterocycles. The molecule has 0 amide bonds. The van der Waals surface area contributed by atoms with Crippen LogP contribution >= 0.6 is 0 Å². The van der Waals surface area contributed by atoms with Crippen LogP contribution in [0.15, 0.2) is 60.7 Å². The normalized spacial score (nSPS) is 14.3. The SMILES string of the molecule is COc1ccc(C(C)(O)/C=C/c2ccccc2)cc1. The van der Waals surface area contributed by atoms with Gasteiger partial charge in [0.2, 0.25) is 0 Å². The van der Waals surface area contributed by atoms with E-state index in [1.807, 2.05) is 60.7 Å². The number of aliphatic hydroxyl groups is 1. The first kappa shape index (κ1) is 13.4. The van der Waals surface area contributed by atoms with E-state index < -0.39 is 5.60 Å². The summed E-state index contributed by atoms with van der Waals surface area (Å²) in [4.78, 5) is 0. The topological polar surface area (TPSA) is 29.5 Å². The van der Waals surface area contributed by atoms with Crippen LogP contribution in [-0.4, -0.2) is 12.2 Å². The van der Waals surface area contributed by atoms with Crippen LogP contribution in [-0.2, 0) is 5.60 Å². The Hall–Kier alpha value is -2.06. The van der Waals surface area contributed by atoms with Crippen LogP contribution < -0.4 is 4.74 Å².